The second-order valence-electron chi connectivity index (χ2n) is 7.22. The van der Waals surface area contributed by atoms with Crippen molar-refractivity contribution in [3.63, 3.8) is 0 Å². The van der Waals surface area contributed by atoms with Crippen molar-refractivity contribution in [1.29, 1.82) is 0 Å². The zero-order valence-electron chi connectivity index (χ0n) is 15.6. The molecule has 0 unspecified atom stereocenters. The molecule has 5 heteroatoms. The lowest BCUT2D eigenvalue weighted by molar-refractivity contribution is -0.136. The minimum atomic E-state index is -0.900. The van der Waals surface area contributed by atoms with Gasteiger partial charge in [0.25, 0.3) is 5.91 Å². The lowest BCUT2D eigenvalue weighted by Gasteiger charge is -2.39. The quantitative estimate of drug-likeness (QED) is 0.824. The van der Waals surface area contributed by atoms with Crippen LogP contribution in [0.15, 0.2) is 54.6 Å². The van der Waals surface area contributed by atoms with Crippen LogP contribution < -0.4 is 5.32 Å². The normalized spacial score (nSPS) is 20.2. The Labute approximate surface area is 160 Å². The van der Waals surface area contributed by atoms with Crippen molar-refractivity contribution in [2.75, 3.05) is 20.1 Å². The molecule has 1 heterocycles. The van der Waals surface area contributed by atoms with E-state index in [-0.39, 0.29) is 12.3 Å². The van der Waals surface area contributed by atoms with Gasteiger partial charge >= 0.3 is 5.97 Å². The number of carbonyl (C=O) groups is 2. The monoisotopic (exact) mass is 366 g/mol. The Morgan fingerprint density at radius 1 is 1.15 bits per heavy atom. The standard InChI is InChI=1S/C22H26N2O3/c1-24-12-6-11-19(21(24)17-8-3-2-4-9-17)15-23-22(27)18-10-5-7-16(13-18)14-20(25)26/h2-5,7-10,13,19,21H,6,11-12,14-15H2,1H3,(H,23,27)(H,25,26)/t19-,21-/m0/s1. The van der Waals surface area contributed by atoms with Crippen molar-refractivity contribution in [2.45, 2.75) is 25.3 Å². The fourth-order valence-corrected chi connectivity index (χ4v) is 3.97. The van der Waals surface area contributed by atoms with Crippen LogP contribution in [-0.4, -0.2) is 42.0 Å². The summed E-state index contributed by atoms with van der Waals surface area (Å²) in [4.78, 5) is 25.8. The minimum absolute atomic E-state index is 0.0787. The summed E-state index contributed by atoms with van der Waals surface area (Å²) in [5.74, 6) is -0.705. The first kappa shape index (κ1) is 19.1. The van der Waals surface area contributed by atoms with Gasteiger partial charge in [-0.3, -0.25) is 14.5 Å². The molecule has 0 spiro atoms. The number of nitrogens with one attached hydrogen (secondary N) is 1. The van der Waals surface area contributed by atoms with Crippen molar-refractivity contribution in [2.24, 2.45) is 5.92 Å². The molecule has 142 valence electrons. The van der Waals surface area contributed by atoms with E-state index in [0.717, 1.165) is 19.4 Å². The predicted molar refractivity (Wildman–Crippen MR) is 105 cm³/mol. The molecule has 27 heavy (non-hydrogen) atoms. The van der Waals surface area contributed by atoms with Crippen molar-refractivity contribution in [3.8, 4) is 0 Å². The Bertz CT molecular complexity index is 791. The lowest BCUT2D eigenvalue weighted by Crippen LogP contribution is -2.41. The van der Waals surface area contributed by atoms with Crippen LogP contribution in [0.2, 0.25) is 0 Å². The van der Waals surface area contributed by atoms with Crippen LogP contribution in [0.3, 0.4) is 0 Å². The van der Waals surface area contributed by atoms with Crippen LogP contribution in [0.1, 0.15) is 40.4 Å². The number of carboxylic acids is 1. The van der Waals surface area contributed by atoms with Crippen LogP contribution >= 0.6 is 0 Å². The van der Waals surface area contributed by atoms with E-state index in [0.29, 0.717) is 29.6 Å². The summed E-state index contributed by atoms with van der Waals surface area (Å²) in [5.41, 5.74) is 2.42. The van der Waals surface area contributed by atoms with E-state index >= 15 is 0 Å². The summed E-state index contributed by atoms with van der Waals surface area (Å²) in [6, 6.07) is 17.6. The molecule has 0 saturated carbocycles. The van der Waals surface area contributed by atoms with Crippen LogP contribution in [0, 0.1) is 5.92 Å². The molecule has 2 N–H and O–H groups in total. The molecule has 0 aromatic heterocycles. The Morgan fingerprint density at radius 2 is 1.93 bits per heavy atom. The van der Waals surface area contributed by atoms with Gasteiger partial charge in [-0.15, -0.1) is 0 Å². The van der Waals surface area contributed by atoms with E-state index in [1.807, 2.05) is 6.07 Å². The number of rotatable bonds is 6. The van der Waals surface area contributed by atoms with E-state index in [9.17, 15) is 9.59 Å². The highest BCUT2D eigenvalue weighted by Gasteiger charge is 2.30. The van der Waals surface area contributed by atoms with Crippen molar-refractivity contribution in [1.82, 2.24) is 10.2 Å². The smallest absolute Gasteiger partial charge is 0.307 e. The second kappa shape index (κ2) is 8.82. The first-order valence-electron chi connectivity index (χ1n) is 9.38. The number of carboxylic acid groups (broad SMARTS) is 1. The van der Waals surface area contributed by atoms with Gasteiger partial charge in [-0.05, 0) is 55.6 Å². The fraction of sp³-hybridized carbons (Fsp3) is 0.364. The molecular weight excluding hydrogens is 340 g/mol. The fourth-order valence-electron chi connectivity index (χ4n) is 3.97. The highest BCUT2D eigenvalue weighted by atomic mass is 16.4. The number of benzene rings is 2. The topological polar surface area (TPSA) is 69.6 Å². The Kier molecular flexibility index (Phi) is 6.24. The average molecular weight is 366 g/mol. The van der Waals surface area contributed by atoms with Gasteiger partial charge in [0.1, 0.15) is 0 Å². The molecule has 1 fully saturated rings. The number of amides is 1. The van der Waals surface area contributed by atoms with Gasteiger partial charge in [-0.25, -0.2) is 0 Å². The van der Waals surface area contributed by atoms with Gasteiger partial charge in [0.15, 0.2) is 0 Å². The third-order valence-corrected chi connectivity index (χ3v) is 5.22. The van der Waals surface area contributed by atoms with Crippen LogP contribution in [-0.2, 0) is 11.2 Å². The summed E-state index contributed by atoms with van der Waals surface area (Å²) < 4.78 is 0. The summed E-state index contributed by atoms with van der Waals surface area (Å²) in [6.07, 6.45) is 2.11. The van der Waals surface area contributed by atoms with Crippen LogP contribution in [0.25, 0.3) is 0 Å². The Balaban J connectivity index is 1.67. The molecule has 1 aliphatic heterocycles. The molecule has 1 aliphatic rings. The van der Waals surface area contributed by atoms with Crippen LogP contribution in [0.4, 0.5) is 0 Å². The molecule has 2 atom stereocenters. The Hall–Kier alpha value is -2.66. The zero-order valence-corrected chi connectivity index (χ0v) is 15.6. The largest absolute Gasteiger partial charge is 0.481 e. The van der Waals surface area contributed by atoms with Gasteiger partial charge in [-0.2, -0.15) is 0 Å². The molecular formula is C22H26N2O3. The number of hydrogen-bond donors (Lipinski definition) is 2. The number of hydrogen-bond acceptors (Lipinski definition) is 3. The van der Waals surface area contributed by atoms with E-state index in [1.165, 1.54) is 5.56 Å². The number of carbonyl (C=O) groups excluding carboxylic acids is 1. The number of piperidine rings is 1. The lowest BCUT2D eigenvalue weighted by atomic mass is 9.85. The molecule has 0 radical (unpaired) electrons. The van der Waals surface area contributed by atoms with Gasteiger partial charge in [-0.1, -0.05) is 42.5 Å². The number of aliphatic carboxylic acids is 1. The molecule has 5 nitrogen and oxygen atoms in total. The highest BCUT2D eigenvalue weighted by Crippen LogP contribution is 2.34. The molecule has 0 aliphatic carbocycles. The maximum atomic E-state index is 12.6. The van der Waals surface area contributed by atoms with Gasteiger partial charge in [0, 0.05) is 18.2 Å². The molecule has 1 saturated heterocycles. The van der Waals surface area contributed by atoms with E-state index in [1.54, 1.807) is 24.3 Å². The SMILES string of the molecule is CN1CCC[C@@H](CNC(=O)c2cccc(CC(=O)O)c2)[C@@H]1c1ccccc1. The molecule has 2 aromatic rings. The average Bonchev–Trinajstić information content (AvgIpc) is 2.66. The van der Waals surface area contributed by atoms with Crippen molar-refractivity contribution >= 4 is 11.9 Å². The number of nitrogens with zero attached hydrogens (tertiary/aromatic N) is 1. The number of likely N-dealkylation sites (tertiary alicyclic amines) is 1. The zero-order chi connectivity index (χ0) is 19.2. The Morgan fingerprint density at radius 3 is 2.67 bits per heavy atom. The first-order chi connectivity index (χ1) is 13.0. The van der Waals surface area contributed by atoms with Gasteiger partial charge in [0.05, 0.1) is 6.42 Å². The van der Waals surface area contributed by atoms with Crippen LogP contribution in [0.5, 0.6) is 0 Å². The third kappa shape index (κ3) is 4.95. The summed E-state index contributed by atoms with van der Waals surface area (Å²) >= 11 is 0. The summed E-state index contributed by atoms with van der Waals surface area (Å²) in [5, 5.41) is 12.0. The molecule has 1 amide bonds. The predicted octanol–water partition coefficient (Wildman–Crippen LogP) is 3.13. The second-order valence-corrected chi connectivity index (χ2v) is 7.22. The molecule has 3 rings (SSSR count). The minimum Gasteiger partial charge on any atom is -0.481 e. The van der Waals surface area contributed by atoms with Gasteiger partial charge in [0.2, 0.25) is 0 Å². The molecule has 0 bridgehead atoms. The highest BCUT2D eigenvalue weighted by molar-refractivity contribution is 5.94. The van der Waals surface area contributed by atoms with Crippen molar-refractivity contribution < 1.29 is 14.7 Å². The summed E-state index contributed by atoms with van der Waals surface area (Å²) in [6.45, 7) is 1.66. The van der Waals surface area contributed by atoms with E-state index < -0.39 is 5.97 Å². The van der Waals surface area contributed by atoms with Crippen molar-refractivity contribution in [3.05, 3.63) is 71.3 Å². The first-order valence-corrected chi connectivity index (χ1v) is 9.38. The molecule has 2 aromatic carbocycles. The maximum Gasteiger partial charge on any atom is 0.307 e. The van der Waals surface area contributed by atoms with E-state index in [4.69, 9.17) is 5.11 Å². The maximum absolute atomic E-state index is 12.6. The third-order valence-electron chi connectivity index (χ3n) is 5.22. The van der Waals surface area contributed by atoms with Gasteiger partial charge < -0.3 is 10.4 Å². The summed E-state index contributed by atoms with van der Waals surface area (Å²) in [7, 11) is 2.14. The van der Waals surface area contributed by atoms with E-state index in [2.05, 4.69) is 41.5 Å².